The number of fused-ring (bicyclic) bond motifs is 1. The van der Waals surface area contributed by atoms with E-state index in [1.54, 1.807) is 19.1 Å². The fourth-order valence-electron chi connectivity index (χ4n) is 4.22. The molecule has 0 saturated carbocycles. The molecule has 35 heavy (non-hydrogen) atoms. The van der Waals surface area contributed by atoms with Crippen LogP contribution in [0.2, 0.25) is 0 Å². The van der Waals surface area contributed by atoms with Crippen LogP contribution in [0.15, 0.2) is 77.7 Å². The van der Waals surface area contributed by atoms with Crippen molar-refractivity contribution in [2.45, 2.75) is 26.4 Å². The first-order valence-electron chi connectivity index (χ1n) is 11.2. The van der Waals surface area contributed by atoms with Crippen LogP contribution in [-0.4, -0.2) is 28.5 Å². The molecule has 0 aromatic heterocycles. The number of hydrogen-bond acceptors (Lipinski definition) is 5. The number of hydrogen-bond donors (Lipinski definition) is 1. The number of methoxy groups -OCH3 is 2. The molecule has 7 nitrogen and oxygen atoms in total. The number of allylic oxidation sites excluding steroid dienone is 1. The summed E-state index contributed by atoms with van der Waals surface area (Å²) in [5.41, 5.74) is 3.03. The van der Waals surface area contributed by atoms with Crippen molar-refractivity contribution in [1.29, 1.82) is 0 Å². The molecule has 0 saturated heterocycles. The maximum atomic E-state index is 13.9. The molecule has 1 heterocycles. The molecule has 3 aromatic rings. The molecule has 1 aliphatic rings. The van der Waals surface area contributed by atoms with Crippen molar-refractivity contribution >= 4 is 27.2 Å². The van der Waals surface area contributed by atoms with Gasteiger partial charge in [0.25, 0.3) is 15.9 Å². The Balaban J connectivity index is 1.84. The van der Waals surface area contributed by atoms with E-state index in [-0.39, 0.29) is 17.5 Å². The lowest BCUT2D eigenvalue weighted by atomic mass is 10.0. The van der Waals surface area contributed by atoms with E-state index in [1.807, 2.05) is 67.6 Å². The summed E-state index contributed by atoms with van der Waals surface area (Å²) in [6, 6.07) is 21.6. The minimum Gasteiger partial charge on any atom is -0.493 e. The average Bonchev–Trinajstić information content (AvgIpc) is 2.86. The van der Waals surface area contributed by atoms with Crippen molar-refractivity contribution in [2.75, 3.05) is 18.5 Å². The number of ether oxygens (including phenoxy) is 2. The van der Waals surface area contributed by atoms with E-state index in [1.165, 1.54) is 18.5 Å². The van der Waals surface area contributed by atoms with Crippen molar-refractivity contribution in [3.05, 3.63) is 94.4 Å². The van der Waals surface area contributed by atoms with Gasteiger partial charge in [-0.25, -0.2) is 8.42 Å². The van der Waals surface area contributed by atoms with Gasteiger partial charge in [0.15, 0.2) is 16.4 Å². The van der Waals surface area contributed by atoms with Gasteiger partial charge in [0.1, 0.15) is 0 Å². The molecule has 1 amide bonds. The highest BCUT2D eigenvalue weighted by Gasteiger charge is 2.40. The number of sulfonamides is 1. The molecule has 1 unspecified atom stereocenters. The Hall–Kier alpha value is -3.78. The number of nitrogens with zero attached hydrogens (tertiary/aromatic N) is 1. The molecule has 1 N–H and O–H groups in total. The number of benzene rings is 3. The number of amides is 1. The van der Waals surface area contributed by atoms with Gasteiger partial charge < -0.3 is 14.8 Å². The monoisotopic (exact) mass is 492 g/mol. The van der Waals surface area contributed by atoms with Gasteiger partial charge in [-0.05, 0) is 36.6 Å². The van der Waals surface area contributed by atoms with Gasteiger partial charge in [0.2, 0.25) is 0 Å². The van der Waals surface area contributed by atoms with Crippen molar-refractivity contribution < 1.29 is 22.7 Å². The minimum atomic E-state index is -4.19. The Morgan fingerprint density at radius 3 is 2.11 bits per heavy atom. The molecule has 0 bridgehead atoms. The summed E-state index contributed by atoms with van der Waals surface area (Å²) in [5, 5.41) is 2.86. The predicted molar refractivity (Wildman–Crippen MR) is 137 cm³/mol. The van der Waals surface area contributed by atoms with E-state index in [0.29, 0.717) is 28.3 Å². The van der Waals surface area contributed by atoms with Gasteiger partial charge in [-0.2, -0.15) is 0 Å². The Kier molecular flexibility index (Phi) is 6.84. The van der Waals surface area contributed by atoms with E-state index >= 15 is 0 Å². The van der Waals surface area contributed by atoms with Crippen molar-refractivity contribution in [3.63, 3.8) is 0 Å². The highest BCUT2D eigenvalue weighted by atomic mass is 32.2. The third-order valence-corrected chi connectivity index (χ3v) is 8.00. The molecule has 8 heteroatoms. The number of carbonyl (C=O) groups excluding carboxylic acids is 1. The van der Waals surface area contributed by atoms with Gasteiger partial charge in [0.05, 0.1) is 32.5 Å². The summed E-state index contributed by atoms with van der Waals surface area (Å²) in [6.07, 6.45) is 0. The zero-order valence-electron chi connectivity index (χ0n) is 20.1. The van der Waals surface area contributed by atoms with Crippen LogP contribution in [0.5, 0.6) is 11.5 Å². The van der Waals surface area contributed by atoms with E-state index < -0.39 is 15.9 Å². The molecule has 4 rings (SSSR count). The van der Waals surface area contributed by atoms with E-state index in [4.69, 9.17) is 9.47 Å². The van der Waals surface area contributed by atoms with Crippen LogP contribution in [0.25, 0.3) is 5.57 Å². The van der Waals surface area contributed by atoms with Crippen LogP contribution >= 0.6 is 0 Å². The third-order valence-electron chi connectivity index (χ3n) is 6.09. The first-order chi connectivity index (χ1) is 16.8. The lowest BCUT2D eigenvalue weighted by molar-refractivity contribution is -0.117. The van der Waals surface area contributed by atoms with Crippen molar-refractivity contribution in [2.24, 2.45) is 0 Å². The number of anilines is 1. The number of nitrogens with one attached hydrogen (secondary N) is 1. The molecule has 0 aliphatic carbocycles. The van der Waals surface area contributed by atoms with Gasteiger partial charge in [0, 0.05) is 11.6 Å². The van der Waals surface area contributed by atoms with Gasteiger partial charge in [-0.3, -0.25) is 9.10 Å². The Bertz CT molecular complexity index is 1370. The Labute approximate surface area is 206 Å². The second kappa shape index (κ2) is 9.84. The fraction of sp³-hybridized carbons (Fsp3) is 0.222. The van der Waals surface area contributed by atoms with Crippen LogP contribution in [0.3, 0.4) is 0 Å². The standard InChI is InChI=1S/C27H28N2O5S/c1-18-22-15-24(33-3)25(34-4)16-23(22)29(17-20-11-7-5-8-12-20)35(31,32)26(18)27(30)28-19(2)21-13-9-6-10-14-21/h5-16,19H,17H2,1-4H3,(H,28,30). The summed E-state index contributed by atoms with van der Waals surface area (Å²) < 4.78 is 40.0. The zero-order valence-corrected chi connectivity index (χ0v) is 20.9. The second-order valence-corrected chi connectivity index (χ2v) is 10.1. The van der Waals surface area contributed by atoms with E-state index in [9.17, 15) is 13.2 Å². The number of carbonyl (C=O) groups is 1. The van der Waals surface area contributed by atoms with E-state index in [2.05, 4.69) is 5.32 Å². The first-order valence-corrected chi connectivity index (χ1v) is 12.6. The molecular formula is C27H28N2O5S. The molecule has 182 valence electrons. The maximum absolute atomic E-state index is 13.9. The van der Waals surface area contributed by atoms with Gasteiger partial charge in [-0.15, -0.1) is 0 Å². The van der Waals surface area contributed by atoms with Crippen molar-refractivity contribution in [3.8, 4) is 11.5 Å². The summed E-state index contributed by atoms with van der Waals surface area (Å²) in [6.45, 7) is 3.52. The Morgan fingerprint density at radius 2 is 1.51 bits per heavy atom. The highest BCUT2D eigenvalue weighted by molar-refractivity contribution is 7.97. The largest absolute Gasteiger partial charge is 0.493 e. The molecule has 0 spiro atoms. The zero-order chi connectivity index (χ0) is 25.2. The predicted octanol–water partition coefficient (Wildman–Crippen LogP) is 4.66. The van der Waals surface area contributed by atoms with Crippen LogP contribution in [0.1, 0.15) is 36.6 Å². The first kappa shape index (κ1) is 24.3. The summed E-state index contributed by atoms with van der Waals surface area (Å²) in [7, 11) is -1.18. The fourth-order valence-corrected chi connectivity index (χ4v) is 5.96. The molecule has 3 aromatic carbocycles. The molecule has 1 aliphatic heterocycles. The van der Waals surface area contributed by atoms with E-state index in [0.717, 1.165) is 11.1 Å². The molecule has 0 fully saturated rings. The lowest BCUT2D eigenvalue weighted by Gasteiger charge is -2.33. The normalized spacial score (nSPS) is 15.3. The van der Waals surface area contributed by atoms with Crippen molar-refractivity contribution in [1.82, 2.24) is 5.32 Å². The summed E-state index contributed by atoms with van der Waals surface area (Å²) >= 11 is 0. The topological polar surface area (TPSA) is 84.9 Å². The van der Waals surface area contributed by atoms with Gasteiger partial charge in [-0.1, -0.05) is 60.7 Å². The lowest BCUT2D eigenvalue weighted by Crippen LogP contribution is -2.41. The maximum Gasteiger partial charge on any atom is 0.270 e. The molecular weight excluding hydrogens is 464 g/mol. The van der Waals surface area contributed by atoms with Crippen LogP contribution < -0.4 is 19.1 Å². The molecule has 0 radical (unpaired) electrons. The number of rotatable bonds is 7. The third kappa shape index (κ3) is 4.61. The van der Waals surface area contributed by atoms with Crippen LogP contribution in [0.4, 0.5) is 5.69 Å². The highest BCUT2D eigenvalue weighted by Crippen LogP contribution is 2.45. The minimum absolute atomic E-state index is 0.0595. The SMILES string of the molecule is COc1cc2c(cc1OC)N(Cc1ccccc1)S(=O)(=O)C(C(=O)NC(C)c1ccccc1)=C2C. The van der Waals surface area contributed by atoms with Gasteiger partial charge >= 0.3 is 0 Å². The second-order valence-electron chi connectivity index (χ2n) is 8.28. The van der Waals surface area contributed by atoms with Crippen LogP contribution in [-0.2, 0) is 21.4 Å². The Morgan fingerprint density at radius 1 is 0.943 bits per heavy atom. The summed E-state index contributed by atoms with van der Waals surface area (Å²) in [4.78, 5) is 13.2. The van der Waals surface area contributed by atoms with Crippen LogP contribution in [0, 0.1) is 0 Å². The smallest absolute Gasteiger partial charge is 0.270 e. The molecule has 1 atom stereocenters. The quantitative estimate of drug-likeness (QED) is 0.519. The summed E-state index contributed by atoms with van der Waals surface area (Å²) in [5.74, 6) is 0.192. The average molecular weight is 493 g/mol.